The van der Waals surface area contributed by atoms with Crippen LogP contribution in [0.25, 0.3) is 55.3 Å². The number of ether oxygens (including phenoxy) is 3. The Labute approximate surface area is 479 Å². The Balaban J connectivity index is 0.000000310. The van der Waals surface area contributed by atoms with Crippen LogP contribution in [0.1, 0.15) is 89.6 Å². The number of rotatable bonds is 18. The molecule has 432 valence electrons. The van der Waals surface area contributed by atoms with Crippen LogP contribution in [0.2, 0.25) is 5.02 Å². The van der Waals surface area contributed by atoms with Gasteiger partial charge in [-0.25, -0.2) is 17.9 Å². The van der Waals surface area contributed by atoms with E-state index in [9.17, 15) is 18.4 Å². The fraction of sp³-hybridized carbons (Fsp3) is 0.393. The molecular formula is C61H69ClF3N11O6. The number of nitrogens with one attached hydrogen (secondary N) is 3. The number of likely N-dealkylation sites (tertiary alicyclic amines) is 1. The molecule has 17 nitrogen and oxygen atoms in total. The summed E-state index contributed by atoms with van der Waals surface area (Å²) in [6, 6.07) is 21.2. The van der Waals surface area contributed by atoms with Gasteiger partial charge in [0, 0.05) is 72.3 Å². The van der Waals surface area contributed by atoms with Gasteiger partial charge >= 0.3 is 6.01 Å². The van der Waals surface area contributed by atoms with E-state index >= 15 is 4.39 Å². The summed E-state index contributed by atoms with van der Waals surface area (Å²) in [5.41, 5.74) is 5.77. The van der Waals surface area contributed by atoms with Gasteiger partial charge < -0.3 is 39.8 Å². The van der Waals surface area contributed by atoms with Crippen molar-refractivity contribution in [2.45, 2.75) is 111 Å². The van der Waals surface area contributed by atoms with Crippen molar-refractivity contribution in [3.8, 4) is 45.3 Å². The summed E-state index contributed by atoms with van der Waals surface area (Å²) in [5.74, 6) is -0.497. The Morgan fingerprint density at radius 3 is 2.30 bits per heavy atom. The zero-order valence-electron chi connectivity index (χ0n) is 47.2. The molecule has 3 fully saturated rings. The molecule has 4 N–H and O–H groups in total. The molecule has 8 aromatic rings. The molecule has 0 aliphatic carbocycles. The summed E-state index contributed by atoms with van der Waals surface area (Å²) in [5, 5.41) is 33.0. The zero-order valence-corrected chi connectivity index (χ0v) is 48.0. The number of H-pyrrole nitrogens is 1. The highest BCUT2D eigenvalue weighted by Gasteiger charge is 2.40. The summed E-state index contributed by atoms with van der Waals surface area (Å²) in [6.07, 6.45) is 6.83. The smallest absolute Gasteiger partial charge is 0.319 e. The number of hydrogen-bond acceptors (Lipinski definition) is 13. The summed E-state index contributed by atoms with van der Waals surface area (Å²) >= 11 is 7.33. The maximum absolute atomic E-state index is 15.7. The number of nitrogens with zero attached hydrogens (tertiary/aromatic N) is 8. The van der Waals surface area contributed by atoms with E-state index in [1.54, 1.807) is 49.2 Å². The predicted molar refractivity (Wildman–Crippen MR) is 310 cm³/mol. The highest BCUT2D eigenvalue weighted by Crippen LogP contribution is 2.49. The molecule has 2 amide bonds. The summed E-state index contributed by atoms with van der Waals surface area (Å²) < 4.78 is 63.2. The average molecular weight is 1140 g/mol. The van der Waals surface area contributed by atoms with Gasteiger partial charge in [-0.1, -0.05) is 99.1 Å². The third kappa shape index (κ3) is 12.3. The second-order valence-corrected chi connectivity index (χ2v) is 21.4. The van der Waals surface area contributed by atoms with Crippen molar-refractivity contribution in [1.82, 2.24) is 50.7 Å². The first kappa shape index (κ1) is 59.0. The Morgan fingerprint density at radius 2 is 1.67 bits per heavy atom. The maximum Gasteiger partial charge on any atom is 0.319 e. The molecule has 3 aromatic heterocycles. The van der Waals surface area contributed by atoms with E-state index in [0.29, 0.717) is 84.4 Å². The van der Waals surface area contributed by atoms with E-state index < -0.39 is 29.5 Å². The van der Waals surface area contributed by atoms with Crippen molar-refractivity contribution in [2.24, 2.45) is 5.92 Å². The van der Waals surface area contributed by atoms with E-state index in [0.717, 1.165) is 50.0 Å². The topological polar surface area (TPSA) is 198 Å². The van der Waals surface area contributed by atoms with E-state index in [2.05, 4.69) is 43.0 Å². The Morgan fingerprint density at radius 1 is 0.939 bits per heavy atom. The molecule has 5 aromatic carbocycles. The van der Waals surface area contributed by atoms with Crippen LogP contribution in [0.3, 0.4) is 0 Å². The third-order valence-electron chi connectivity index (χ3n) is 15.4. The Hall–Kier alpha value is -7.65. The van der Waals surface area contributed by atoms with Gasteiger partial charge in [-0.15, -0.1) is 5.10 Å². The molecular weight excluding hydrogens is 1080 g/mol. The van der Waals surface area contributed by atoms with E-state index in [4.69, 9.17) is 40.9 Å². The van der Waals surface area contributed by atoms with Crippen LogP contribution >= 0.6 is 11.6 Å². The number of carbonyl (C=O) groups is 2. The minimum atomic E-state index is -0.637. The number of methoxy groups -OCH3 is 1. The molecule has 6 atom stereocenters. The Kier molecular flexibility index (Phi) is 18.8. The van der Waals surface area contributed by atoms with Gasteiger partial charge in [0.1, 0.15) is 53.7 Å². The first-order chi connectivity index (χ1) is 39.6. The van der Waals surface area contributed by atoms with Crippen molar-refractivity contribution in [3.05, 3.63) is 130 Å². The molecule has 0 radical (unpaired) electrons. The lowest BCUT2D eigenvalue weighted by molar-refractivity contribution is -0.137. The van der Waals surface area contributed by atoms with Crippen molar-refractivity contribution < 1.29 is 42.1 Å². The number of anilines is 1. The van der Waals surface area contributed by atoms with Gasteiger partial charge in [0.2, 0.25) is 12.3 Å². The highest BCUT2D eigenvalue weighted by molar-refractivity contribution is 6.35. The first-order valence-corrected chi connectivity index (χ1v) is 28.2. The minimum Gasteiger partial charge on any atom is -0.486 e. The van der Waals surface area contributed by atoms with Crippen molar-refractivity contribution in [1.29, 1.82) is 0 Å². The molecule has 3 saturated heterocycles. The number of amides is 2. The van der Waals surface area contributed by atoms with Crippen LogP contribution in [0, 0.1) is 30.3 Å². The quantitative estimate of drug-likeness (QED) is 0.0593. The number of hydrogen-bond donors (Lipinski definition) is 4. The lowest BCUT2D eigenvalue weighted by atomic mass is 9.94. The summed E-state index contributed by atoms with van der Waals surface area (Å²) in [4.78, 5) is 38.3. The van der Waals surface area contributed by atoms with Crippen LogP contribution < -0.4 is 25.0 Å². The standard InChI is InChI=1S/C44H50ClFN10O4.C15H13F2NO2.C2H6/c1-23(2)40(43(57)54-13-7-8-24(54)3)56-20-36(52-53-56)28-11-9-27(10-12-28)22-59-41-38(37-26(5)34(46)16-35-32(37)18-48-51-35)33(45)15-31-39(41)49-44(60-21-25(4)58-6)50-42(31)55-19-29-14-30(55)17-47-29;16-12-2-1-3-13(17)15(12)11-6-4-10(5-7-11)14(8-19)18-9-20;1-2/h9-12,15-16,18,20,23-25,29-30,40,47H,7-8,13-14,17,19,21-22H2,1-6H3,(H,48,51);1-7,9,14,19H,8H2,(H,18,20);1-2H3/t24?,25-,29?,30?,40?;;/m0../s1. The number of halogens is 4. The number of fused-ring (bicyclic) bond motifs is 4. The van der Waals surface area contributed by atoms with Gasteiger partial charge in [-0.3, -0.25) is 14.7 Å². The molecule has 6 heterocycles. The fourth-order valence-electron chi connectivity index (χ4n) is 11.0. The largest absolute Gasteiger partial charge is 0.486 e. The maximum atomic E-state index is 15.7. The van der Waals surface area contributed by atoms with Crippen LogP contribution in [0.4, 0.5) is 19.0 Å². The van der Waals surface area contributed by atoms with Gasteiger partial charge in [0.25, 0.3) is 0 Å². The second kappa shape index (κ2) is 26.1. The average Bonchev–Trinajstić information content (AvgIpc) is 2.68. The lowest BCUT2D eigenvalue weighted by Crippen LogP contribution is -2.44. The zero-order chi connectivity index (χ0) is 58.4. The fourth-order valence-corrected chi connectivity index (χ4v) is 11.3. The molecule has 21 heteroatoms. The SMILES string of the molecule is CC.CO[C@@H](C)COc1nc(N2CC3CC2CN3)c2cc(Cl)c(-c3c(C)c(F)cc4[nH]ncc34)c(OCc3ccc(-c4cn(C(C(=O)N5CCCC5C)C(C)C)nn4)cc3)c2n1.O=CNC(CO)c1ccc(-c2c(F)cccc2F)cc1. The predicted octanol–water partition coefficient (Wildman–Crippen LogP) is 10.7. The molecule has 3 aliphatic heterocycles. The number of aliphatic hydroxyl groups is 1. The van der Waals surface area contributed by atoms with Crippen LogP contribution in [-0.4, -0.2) is 122 Å². The molecule has 3 aliphatic rings. The molecule has 11 rings (SSSR count). The number of benzene rings is 5. The normalized spacial score (nSPS) is 17.6. The number of aliphatic hydroxyl groups excluding tert-OH is 1. The van der Waals surface area contributed by atoms with Crippen molar-refractivity contribution in [2.75, 3.05) is 44.9 Å². The Bertz CT molecular complexity index is 3510. The summed E-state index contributed by atoms with van der Waals surface area (Å²) in [6.45, 7) is 16.3. The number of carbonyl (C=O) groups excluding carboxylic acids is 2. The van der Waals surface area contributed by atoms with Crippen LogP contribution in [0.5, 0.6) is 11.8 Å². The molecule has 0 spiro atoms. The van der Waals surface area contributed by atoms with Gasteiger partial charge in [0.05, 0.1) is 47.2 Å². The molecule has 5 unspecified atom stereocenters. The summed E-state index contributed by atoms with van der Waals surface area (Å²) in [7, 11) is 1.63. The number of piperazine rings is 1. The molecule has 2 bridgehead atoms. The van der Waals surface area contributed by atoms with E-state index in [1.807, 2.05) is 76.0 Å². The number of aromatic amines is 1. The molecule has 82 heavy (non-hydrogen) atoms. The van der Waals surface area contributed by atoms with E-state index in [1.165, 1.54) is 24.3 Å². The van der Waals surface area contributed by atoms with Gasteiger partial charge in [-0.05, 0) is 92.5 Å². The molecule has 0 saturated carbocycles. The van der Waals surface area contributed by atoms with Crippen molar-refractivity contribution in [3.63, 3.8) is 0 Å². The van der Waals surface area contributed by atoms with Crippen LogP contribution in [0.15, 0.2) is 91.3 Å². The van der Waals surface area contributed by atoms with Crippen LogP contribution in [-0.2, 0) is 20.9 Å². The third-order valence-corrected chi connectivity index (χ3v) is 15.7. The van der Waals surface area contributed by atoms with E-state index in [-0.39, 0.29) is 61.4 Å². The number of aromatic nitrogens is 7. The van der Waals surface area contributed by atoms with Gasteiger partial charge in [-0.2, -0.15) is 15.1 Å². The van der Waals surface area contributed by atoms with Crippen molar-refractivity contribution >= 4 is 51.5 Å². The lowest BCUT2D eigenvalue weighted by Gasteiger charge is -2.30. The first-order valence-electron chi connectivity index (χ1n) is 27.8. The highest BCUT2D eigenvalue weighted by atomic mass is 35.5. The van der Waals surface area contributed by atoms with Gasteiger partial charge in [0.15, 0.2) is 5.75 Å². The minimum absolute atomic E-state index is 0.0352. The second-order valence-electron chi connectivity index (χ2n) is 21.0. The monoisotopic (exact) mass is 1140 g/mol.